The fourth-order valence-corrected chi connectivity index (χ4v) is 2.96. The van der Waals surface area contributed by atoms with Gasteiger partial charge < -0.3 is 18.9 Å². The zero-order valence-corrected chi connectivity index (χ0v) is 16.8. The normalized spacial score (nSPS) is 13.8. The standard InChI is InChI=1S/C23H24O5/c1-14(2)8-9-27-18-10-15(3)22-20(13-18)28-21(23(22)24)12-16-11-17(25-4)6-7-19(16)26-5/h6-8,10-13H,9H2,1-5H3/b21-12-. The number of methoxy groups -OCH3 is 2. The Bertz CT molecular complexity index is 965. The van der Waals surface area contributed by atoms with E-state index >= 15 is 0 Å². The first-order chi connectivity index (χ1) is 13.4. The Kier molecular flexibility index (Phi) is 5.73. The van der Waals surface area contributed by atoms with Gasteiger partial charge in [0.05, 0.1) is 19.8 Å². The molecule has 28 heavy (non-hydrogen) atoms. The molecule has 0 saturated heterocycles. The Labute approximate surface area is 165 Å². The third-order valence-corrected chi connectivity index (χ3v) is 4.41. The van der Waals surface area contributed by atoms with Gasteiger partial charge in [0.15, 0.2) is 5.76 Å². The Balaban J connectivity index is 1.92. The maximum Gasteiger partial charge on any atom is 0.232 e. The summed E-state index contributed by atoms with van der Waals surface area (Å²) in [7, 11) is 3.17. The van der Waals surface area contributed by atoms with E-state index in [0.717, 1.165) is 5.56 Å². The molecule has 5 nitrogen and oxygen atoms in total. The van der Waals surface area contributed by atoms with Crippen LogP contribution >= 0.6 is 0 Å². The number of Topliss-reactive ketones (excluding diaryl/α,β-unsaturated/α-hetero) is 1. The first-order valence-corrected chi connectivity index (χ1v) is 9.00. The molecule has 0 bridgehead atoms. The van der Waals surface area contributed by atoms with Gasteiger partial charge in [0.2, 0.25) is 5.78 Å². The Morgan fingerprint density at radius 1 is 1.07 bits per heavy atom. The smallest absolute Gasteiger partial charge is 0.232 e. The van der Waals surface area contributed by atoms with E-state index in [1.165, 1.54) is 5.57 Å². The minimum atomic E-state index is -0.159. The molecule has 1 heterocycles. The summed E-state index contributed by atoms with van der Waals surface area (Å²) in [5.74, 6) is 2.55. The zero-order chi connectivity index (χ0) is 20.3. The third kappa shape index (κ3) is 4.03. The van der Waals surface area contributed by atoms with Crippen LogP contribution in [0.2, 0.25) is 0 Å². The number of benzene rings is 2. The summed E-state index contributed by atoms with van der Waals surface area (Å²) in [4.78, 5) is 12.9. The van der Waals surface area contributed by atoms with Crippen LogP contribution in [0.3, 0.4) is 0 Å². The fourth-order valence-electron chi connectivity index (χ4n) is 2.96. The number of carbonyl (C=O) groups is 1. The van der Waals surface area contributed by atoms with Crippen LogP contribution in [0.1, 0.15) is 35.3 Å². The second-order valence-electron chi connectivity index (χ2n) is 6.75. The van der Waals surface area contributed by atoms with E-state index in [9.17, 15) is 4.79 Å². The van der Waals surface area contributed by atoms with Crippen LogP contribution in [0.4, 0.5) is 0 Å². The number of aryl methyl sites for hydroxylation is 1. The predicted molar refractivity (Wildman–Crippen MR) is 109 cm³/mol. The fraction of sp³-hybridized carbons (Fsp3) is 0.261. The van der Waals surface area contributed by atoms with Gasteiger partial charge >= 0.3 is 0 Å². The molecule has 0 amide bonds. The SMILES string of the molecule is COc1ccc(OC)c(/C=C2\Oc3cc(OCC=C(C)C)cc(C)c3C2=O)c1. The number of ether oxygens (including phenoxy) is 4. The quantitative estimate of drug-likeness (QED) is 0.523. The third-order valence-electron chi connectivity index (χ3n) is 4.41. The molecule has 1 aliphatic heterocycles. The lowest BCUT2D eigenvalue weighted by molar-refractivity contribution is 0.101. The van der Waals surface area contributed by atoms with Crippen molar-refractivity contribution in [1.29, 1.82) is 0 Å². The van der Waals surface area contributed by atoms with Gasteiger partial charge in [-0.25, -0.2) is 0 Å². The van der Waals surface area contributed by atoms with Crippen LogP contribution in [0.15, 0.2) is 47.7 Å². The molecule has 0 N–H and O–H groups in total. The Hall–Kier alpha value is -3.21. The van der Waals surface area contributed by atoms with Gasteiger partial charge in [-0.3, -0.25) is 4.79 Å². The second kappa shape index (κ2) is 8.21. The number of hydrogen-bond donors (Lipinski definition) is 0. The summed E-state index contributed by atoms with van der Waals surface area (Å²) < 4.78 is 22.3. The average Bonchev–Trinajstić information content (AvgIpc) is 2.97. The maximum atomic E-state index is 12.9. The number of hydrogen-bond acceptors (Lipinski definition) is 5. The van der Waals surface area contributed by atoms with E-state index < -0.39 is 0 Å². The lowest BCUT2D eigenvalue weighted by atomic mass is 10.0. The summed E-state index contributed by atoms with van der Waals surface area (Å²) in [6.07, 6.45) is 3.67. The van der Waals surface area contributed by atoms with Gasteiger partial charge in [-0.2, -0.15) is 0 Å². The summed E-state index contributed by atoms with van der Waals surface area (Å²) in [6, 6.07) is 8.99. The average molecular weight is 380 g/mol. The molecule has 0 aliphatic carbocycles. The highest BCUT2D eigenvalue weighted by Gasteiger charge is 2.30. The van der Waals surface area contributed by atoms with Crippen molar-refractivity contribution in [1.82, 2.24) is 0 Å². The molecule has 146 valence electrons. The van der Waals surface area contributed by atoms with Gasteiger partial charge in [0.25, 0.3) is 0 Å². The molecule has 0 radical (unpaired) electrons. The van der Waals surface area contributed by atoms with E-state index in [1.54, 1.807) is 44.6 Å². The van der Waals surface area contributed by atoms with Gasteiger partial charge in [0, 0.05) is 11.6 Å². The number of carbonyl (C=O) groups excluding carboxylic acids is 1. The molecule has 0 saturated carbocycles. The highest BCUT2D eigenvalue weighted by Crippen LogP contribution is 2.38. The van der Waals surface area contributed by atoms with E-state index in [4.69, 9.17) is 18.9 Å². The van der Waals surface area contributed by atoms with Gasteiger partial charge in [0.1, 0.15) is 29.6 Å². The van der Waals surface area contributed by atoms with Crippen LogP contribution in [0.25, 0.3) is 6.08 Å². The number of allylic oxidation sites excluding steroid dienone is 2. The summed E-state index contributed by atoms with van der Waals surface area (Å²) >= 11 is 0. The monoisotopic (exact) mass is 380 g/mol. The molecular formula is C23H24O5. The molecule has 2 aromatic rings. The highest BCUT2D eigenvalue weighted by molar-refractivity contribution is 6.15. The van der Waals surface area contributed by atoms with Crippen LogP contribution in [-0.2, 0) is 0 Å². The van der Waals surface area contributed by atoms with Crippen molar-refractivity contribution in [2.45, 2.75) is 20.8 Å². The maximum absolute atomic E-state index is 12.9. The first kappa shape index (κ1) is 19.5. The van der Waals surface area contributed by atoms with Crippen LogP contribution in [0.5, 0.6) is 23.0 Å². The lowest BCUT2D eigenvalue weighted by Gasteiger charge is -2.08. The number of ketones is 1. The Morgan fingerprint density at radius 3 is 2.54 bits per heavy atom. The van der Waals surface area contributed by atoms with E-state index in [-0.39, 0.29) is 11.5 Å². The van der Waals surface area contributed by atoms with Crippen LogP contribution in [0, 0.1) is 6.92 Å². The highest BCUT2D eigenvalue weighted by atomic mass is 16.5. The van der Waals surface area contributed by atoms with E-state index in [0.29, 0.717) is 40.7 Å². The number of rotatable bonds is 6. The molecule has 0 aromatic heterocycles. The molecule has 0 spiro atoms. The second-order valence-corrected chi connectivity index (χ2v) is 6.75. The molecule has 0 unspecified atom stereocenters. The van der Waals surface area contributed by atoms with Crippen LogP contribution in [-0.4, -0.2) is 26.6 Å². The van der Waals surface area contributed by atoms with Crippen molar-refractivity contribution >= 4 is 11.9 Å². The molecule has 1 aliphatic rings. The predicted octanol–water partition coefficient (Wildman–Crippen LogP) is 4.97. The first-order valence-electron chi connectivity index (χ1n) is 9.00. The van der Waals surface area contributed by atoms with Gasteiger partial charge in [-0.1, -0.05) is 5.57 Å². The van der Waals surface area contributed by atoms with Crippen molar-refractivity contribution in [2.24, 2.45) is 0 Å². The zero-order valence-electron chi connectivity index (χ0n) is 16.8. The van der Waals surface area contributed by atoms with Gasteiger partial charge in [-0.05, 0) is 62.8 Å². The molecule has 2 aromatic carbocycles. The largest absolute Gasteiger partial charge is 0.497 e. The van der Waals surface area contributed by atoms with Crippen molar-refractivity contribution in [2.75, 3.05) is 20.8 Å². The van der Waals surface area contributed by atoms with Gasteiger partial charge in [-0.15, -0.1) is 0 Å². The topological polar surface area (TPSA) is 54.0 Å². The van der Waals surface area contributed by atoms with Crippen molar-refractivity contribution in [3.05, 3.63) is 64.4 Å². The minimum Gasteiger partial charge on any atom is -0.497 e. The summed E-state index contributed by atoms with van der Waals surface area (Å²) in [5, 5.41) is 0. The Morgan fingerprint density at radius 2 is 1.86 bits per heavy atom. The van der Waals surface area contributed by atoms with Crippen molar-refractivity contribution in [3.63, 3.8) is 0 Å². The van der Waals surface area contributed by atoms with Crippen molar-refractivity contribution < 1.29 is 23.7 Å². The lowest BCUT2D eigenvalue weighted by Crippen LogP contribution is -2.00. The van der Waals surface area contributed by atoms with Crippen molar-refractivity contribution in [3.8, 4) is 23.0 Å². The molecule has 3 rings (SSSR count). The molecule has 0 atom stereocenters. The number of fused-ring (bicyclic) bond motifs is 1. The van der Waals surface area contributed by atoms with E-state index in [1.807, 2.05) is 32.9 Å². The van der Waals surface area contributed by atoms with Crippen LogP contribution < -0.4 is 18.9 Å². The van der Waals surface area contributed by atoms with E-state index in [2.05, 4.69) is 0 Å². The molecule has 0 fully saturated rings. The summed E-state index contributed by atoms with van der Waals surface area (Å²) in [6.45, 7) is 6.38. The summed E-state index contributed by atoms with van der Waals surface area (Å²) in [5.41, 5.74) is 3.26. The molecular weight excluding hydrogens is 356 g/mol. The minimum absolute atomic E-state index is 0.159. The molecule has 5 heteroatoms.